The van der Waals surface area contributed by atoms with Crippen LogP contribution in [0.5, 0.6) is 0 Å². The van der Waals surface area contributed by atoms with E-state index in [1.165, 1.54) is 82.6 Å². The Hall–Kier alpha value is -1.84. The fraction of sp³-hybridized carbons (Fsp3) is 0.758. The lowest BCUT2D eigenvalue weighted by Gasteiger charge is -2.34. The van der Waals surface area contributed by atoms with Crippen molar-refractivity contribution < 1.29 is 0 Å². The first kappa shape index (κ1) is 26.8. The van der Waals surface area contributed by atoms with Crippen LogP contribution in [0.2, 0.25) is 0 Å². The fourth-order valence-corrected chi connectivity index (χ4v) is 10.2. The molecule has 3 saturated carbocycles. The van der Waals surface area contributed by atoms with Gasteiger partial charge in [-0.05, 0) is 86.0 Å². The Labute approximate surface area is 246 Å². The average molecular weight is 561 g/mol. The van der Waals surface area contributed by atoms with E-state index < -0.39 is 0 Å². The van der Waals surface area contributed by atoms with Crippen LogP contribution in [0.3, 0.4) is 0 Å². The quantitative estimate of drug-likeness (QED) is 0.229. The van der Waals surface area contributed by atoms with Crippen LogP contribution in [0.4, 0.5) is 0 Å². The van der Waals surface area contributed by atoms with Crippen molar-refractivity contribution in [2.24, 2.45) is 35.5 Å². The van der Waals surface area contributed by atoms with Gasteiger partial charge in [-0.3, -0.25) is 26.6 Å². The molecule has 0 aromatic carbocycles. The van der Waals surface area contributed by atoms with E-state index >= 15 is 0 Å². The summed E-state index contributed by atoms with van der Waals surface area (Å²) < 4.78 is 0. The van der Waals surface area contributed by atoms with Crippen molar-refractivity contribution in [1.82, 2.24) is 42.5 Å². The molecule has 0 aromatic heterocycles. The molecule has 4 aliphatic heterocycles. The predicted molar refractivity (Wildman–Crippen MR) is 163 cm³/mol. The molecule has 224 valence electrons. The molecule has 41 heavy (non-hydrogen) atoms. The van der Waals surface area contributed by atoms with E-state index in [1.807, 2.05) is 0 Å². The summed E-state index contributed by atoms with van der Waals surface area (Å²) >= 11 is 0. The lowest BCUT2D eigenvalue weighted by Crippen LogP contribution is -2.59. The van der Waals surface area contributed by atoms with Crippen molar-refractivity contribution in [3.63, 3.8) is 0 Å². The van der Waals surface area contributed by atoms with Gasteiger partial charge in [0.05, 0.1) is 42.8 Å². The Morgan fingerprint density at radius 1 is 0.512 bits per heavy atom. The summed E-state index contributed by atoms with van der Waals surface area (Å²) in [5, 5.41) is 32.2. The van der Waals surface area contributed by atoms with Gasteiger partial charge in [-0.2, -0.15) is 0 Å². The largest absolute Gasteiger partial charge is 0.356 e. The van der Waals surface area contributed by atoms with E-state index in [0.717, 1.165) is 18.1 Å². The van der Waals surface area contributed by atoms with Gasteiger partial charge < -0.3 is 16.0 Å². The lowest BCUT2D eigenvalue weighted by atomic mass is 9.77. The minimum absolute atomic E-state index is 0.230. The monoisotopic (exact) mass is 560 g/mol. The molecule has 12 unspecified atom stereocenters. The van der Waals surface area contributed by atoms with Gasteiger partial charge in [0.15, 0.2) is 0 Å². The summed E-state index contributed by atoms with van der Waals surface area (Å²) in [7, 11) is 0. The van der Waals surface area contributed by atoms with Crippen LogP contribution in [0.25, 0.3) is 0 Å². The second kappa shape index (κ2) is 11.3. The highest BCUT2D eigenvalue weighted by molar-refractivity contribution is 5.34. The molecule has 6 bridgehead atoms. The second-order valence-corrected chi connectivity index (χ2v) is 14.3. The first-order chi connectivity index (χ1) is 20.2. The van der Waals surface area contributed by atoms with Gasteiger partial charge in [0.2, 0.25) is 0 Å². The summed E-state index contributed by atoms with van der Waals surface area (Å²) in [4.78, 5) is 0. The third-order valence-corrected chi connectivity index (χ3v) is 12.1. The number of rotatable bonds is 0. The fourth-order valence-electron chi connectivity index (χ4n) is 10.2. The number of hydrogen-bond donors (Lipinski definition) is 8. The number of hydrogen-bond acceptors (Lipinski definition) is 8. The van der Waals surface area contributed by atoms with E-state index in [9.17, 15) is 0 Å². The molecule has 0 amide bonds. The van der Waals surface area contributed by atoms with Gasteiger partial charge in [-0.15, -0.1) is 0 Å². The van der Waals surface area contributed by atoms with E-state index in [1.54, 1.807) is 0 Å². The first-order valence-electron chi connectivity index (χ1n) is 17.1. The van der Waals surface area contributed by atoms with Crippen molar-refractivity contribution in [3.05, 3.63) is 48.1 Å². The minimum Gasteiger partial charge on any atom is -0.356 e. The van der Waals surface area contributed by atoms with E-state index in [4.69, 9.17) is 0 Å². The third kappa shape index (κ3) is 5.07. The van der Waals surface area contributed by atoms with Gasteiger partial charge in [0.25, 0.3) is 0 Å². The SMILES string of the molecule is C=C1N/C(=C2/C=CC=CC2)NC2NC(NC3NC(NC4NC(N1)C1CCCCC41)C1CCCCC31)C1CCCCC21. The van der Waals surface area contributed by atoms with Gasteiger partial charge >= 0.3 is 0 Å². The Kier molecular flexibility index (Phi) is 7.40. The Balaban J connectivity index is 1.13. The maximum absolute atomic E-state index is 4.51. The second-order valence-electron chi connectivity index (χ2n) is 14.3. The highest BCUT2D eigenvalue weighted by Crippen LogP contribution is 2.43. The highest BCUT2D eigenvalue weighted by Gasteiger charge is 2.51. The van der Waals surface area contributed by atoms with E-state index in [-0.39, 0.29) is 12.3 Å². The van der Waals surface area contributed by atoms with Crippen molar-refractivity contribution in [2.45, 2.75) is 120 Å². The summed E-state index contributed by atoms with van der Waals surface area (Å²) in [5.41, 5.74) is 1.29. The van der Waals surface area contributed by atoms with E-state index in [2.05, 4.69) is 73.4 Å². The molecule has 8 heteroatoms. The van der Waals surface area contributed by atoms with Crippen LogP contribution in [-0.2, 0) is 0 Å². The van der Waals surface area contributed by atoms with Crippen molar-refractivity contribution in [1.29, 1.82) is 0 Å². The zero-order valence-electron chi connectivity index (χ0n) is 24.6. The number of nitrogens with one attached hydrogen (secondary N) is 8. The van der Waals surface area contributed by atoms with Crippen molar-refractivity contribution >= 4 is 0 Å². The molecule has 8 N–H and O–H groups in total. The summed E-state index contributed by atoms with van der Waals surface area (Å²) in [6.07, 6.45) is 27.5. The van der Waals surface area contributed by atoms with Crippen molar-refractivity contribution in [2.75, 3.05) is 0 Å². The zero-order chi connectivity index (χ0) is 27.3. The van der Waals surface area contributed by atoms with Crippen molar-refractivity contribution in [3.8, 4) is 0 Å². The van der Waals surface area contributed by atoms with Gasteiger partial charge in [-0.1, -0.05) is 69.4 Å². The number of fused-ring (bicyclic) bond motifs is 15. The average Bonchev–Trinajstić information content (AvgIpc) is 3.65. The van der Waals surface area contributed by atoms with Crippen LogP contribution in [0.1, 0.15) is 83.5 Å². The standard InChI is InChI=1S/C33H52N8/c1-19-34-27(20-11-3-2-4-12-20)36-29-23-15-7-8-16-24(23)31(38-29)40-33-26-18-10-9-17-25(26)32(41-33)39-30-22-14-6-5-13-21(22)28(35-19)37-30/h2-4,11,21-26,28-41H,1,5-10,12-18H2/b27-20+. The smallest absolute Gasteiger partial charge is 0.109 e. The van der Waals surface area contributed by atoms with Crippen LogP contribution in [-0.4, -0.2) is 37.0 Å². The van der Waals surface area contributed by atoms with E-state index in [0.29, 0.717) is 60.2 Å². The topological polar surface area (TPSA) is 96.2 Å². The van der Waals surface area contributed by atoms with Crippen LogP contribution in [0, 0.1) is 35.5 Å². The molecule has 0 aromatic rings. The van der Waals surface area contributed by atoms with Crippen LogP contribution in [0.15, 0.2) is 48.1 Å². The van der Waals surface area contributed by atoms with Gasteiger partial charge in [0, 0.05) is 0 Å². The molecule has 8 aliphatic rings. The first-order valence-corrected chi connectivity index (χ1v) is 17.1. The van der Waals surface area contributed by atoms with Gasteiger partial charge in [-0.25, -0.2) is 0 Å². The minimum atomic E-state index is 0.230. The van der Waals surface area contributed by atoms with Crippen LogP contribution >= 0.6 is 0 Å². The Morgan fingerprint density at radius 2 is 0.927 bits per heavy atom. The summed E-state index contributed by atoms with van der Waals surface area (Å²) in [6, 6.07) is 0. The Bertz CT molecular complexity index is 1080. The third-order valence-electron chi connectivity index (χ3n) is 12.1. The summed E-state index contributed by atoms with van der Waals surface area (Å²) in [6.45, 7) is 4.51. The maximum atomic E-state index is 4.51. The molecule has 8 rings (SSSR count). The molecular weight excluding hydrogens is 508 g/mol. The lowest BCUT2D eigenvalue weighted by molar-refractivity contribution is 0.175. The molecule has 4 heterocycles. The summed E-state index contributed by atoms with van der Waals surface area (Å²) in [5.74, 6) is 5.93. The molecule has 0 spiro atoms. The molecule has 12 atom stereocenters. The molecule has 4 saturated heterocycles. The normalized spacial score (nSPS) is 49.3. The predicted octanol–water partition coefficient (Wildman–Crippen LogP) is 3.33. The molecular formula is C33H52N8. The zero-order valence-corrected chi connectivity index (χ0v) is 24.6. The highest BCUT2D eigenvalue weighted by atomic mass is 15.4. The molecule has 4 aliphatic carbocycles. The molecule has 8 nitrogen and oxygen atoms in total. The molecule has 7 fully saturated rings. The maximum Gasteiger partial charge on any atom is 0.109 e. The number of allylic oxidation sites excluding steroid dienone is 5. The Morgan fingerprint density at radius 3 is 1.37 bits per heavy atom. The van der Waals surface area contributed by atoms with Crippen LogP contribution < -0.4 is 42.5 Å². The molecule has 0 radical (unpaired) electrons. The van der Waals surface area contributed by atoms with Gasteiger partial charge in [0.1, 0.15) is 5.82 Å².